The first-order chi connectivity index (χ1) is 11.2. The molecule has 0 saturated carbocycles. The van der Waals surface area contributed by atoms with Crippen LogP contribution in [0.15, 0.2) is 59.0 Å². The molecule has 5 nitrogen and oxygen atoms in total. The Kier molecular flexibility index (Phi) is 3.61. The van der Waals surface area contributed by atoms with Gasteiger partial charge in [0.15, 0.2) is 0 Å². The summed E-state index contributed by atoms with van der Waals surface area (Å²) in [5.74, 6) is 0.636. The van der Waals surface area contributed by atoms with Crippen LogP contribution >= 0.6 is 0 Å². The summed E-state index contributed by atoms with van der Waals surface area (Å²) in [4.78, 5) is 11.4. The number of benzene rings is 2. The van der Waals surface area contributed by atoms with Crippen LogP contribution in [0.1, 0.15) is 14.7 Å². The molecule has 0 aliphatic heterocycles. The number of hydrogen-bond donors (Lipinski definition) is 1. The van der Waals surface area contributed by atoms with Crippen molar-refractivity contribution in [2.75, 3.05) is 5.32 Å². The maximum Gasteiger partial charge on any atom is 0.248 e. The van der Waals surface area contributed by atoms with E-state index in [0.29, 0.717) is 29.5 Å². The van der Waals surface area contributed by atoms with Gasteiger partial charge in [0.25, 0.3) is 0 Å². The number of carbonyl (C=O) groups is 1. The van der Waals surface area contributed by atoms with Crippen LogP contribution in [0.3, 0.4) is 0 Å². The van der Waals surface area contributed by atoms with Crippen LogP contribution in [-0.2, 0) is 4.79 Å². The summed E-state index contributed by atoms with van der Waals surface area (Å²) >= 11 is 0. The van der Waals surface area contributed by atoms with Gasteiger partial charge in [-0.3, -0.25) is 4.79 Å². The highest BCUT2D eigenvalue weighted by Crippen LogP contribution is 2.24. The van der Waals surface area contributed by atoms with Gasteiger partial charge in [-0.1, -0.05) is 25.1 Å². The Labute approximate surface area is 129 Å². The fourth-order valence-electron chi connectivity index (χ4n) is 1.91. The monoisotopic (exact) mass is 294 g/mol. The molecule has 1 N–H and O–H groups in total. The Morgan fingerprint density at radius 2 is 1.77 bits per heavy atom. The zero-order valence-electron chi connectivity index (χ0n) is 13.0. The highest BCUT2D eigenvalue weighted by molar-refractivity contribution is 5.90. The molecule has 0 aliphatic carbocycles. The lowest BCUT2D eigenvalue weighted by Gasteiger charge is -2.03. The molecule has 5 heteroatoms. The number of anilines is 1. The summed E-state index contributed by atoms with van der Waals surface area (Å²) in [6.07, 6.45) is 0.366. The van der Waals surface area contributed by atoms with E-state index in [1.54, 1.807) is 25.1 Å². The molecule has 0 atom stereocenters. The molecule has 0 spiro atoms. The summed E-state index contributed by atoms with van der Waals surface area (Å²) in [6.45, 7) is 1.76. The topological polar surface area (TPSA) is 68.0 Å². The van der Waals surface area contributed by atoms with Crippen LogP contribution in [0.4, 0.5) is 5.69 Å². The number of nitrogens with one attached hydrogen (secondary N) is 1. The van der Waals surface area contributed by atoms with E-state index in [1.807, 2.05) is 30.3 Å². The number of rotatable bonds is 4. The smallest absolute Gasteiger partial charge is 0.248 e. The molecule has 22 heavy (non-hydrogen) atoms. The third-order valence-electron chi connectivity index (χ3n) is 3.10. The van der Waals surface area contributed by atoms with Crippen LogP contribution in [-0.4, -0.2) is 16.1 Å². The molecule has 1 heterocycles. The SMILES string of the molecule is [2H]c1cc(-c2nnc(-c3ccccc3)o2)ccc1NC(=O)CC. The van der Waals surface area contributed by atoms with Gasteiger partial charge in [-0.2, -0.15) is 0 Å². The number of aromatic nitrogens is 2. The van der Waals surface area contributed by atoms with E-state index in [0.717, 1.165) is 5.56 Å². The van der Waals surface area contributed by atoms with E-state index in [9.17, 15) is 4.79 Å². The van der Waals surface area contributed by atoms with Crippen molar-refractivity contribution in [3.05, 3.63) is 54.6 Å². The highest BCUT2D eigenvalue weighted by Gasteiger charge is 2.10. The van der Waals surface area contributed by atoms with E-state index >= 15 is 0 Å². The fourth-order valence-corrected chi connectivity index (χ4v) is 1.91. The van der Waals surface area contributed by atoms with Crippen molar-refractivity contribution in [3.63, 3.8) is 0 Å². The molecule has 0 fully saturated rings. The normalized spacial score (nSPS) is 11.0. The first-order valence-corrected chi connectivity index (χ1v) is 6.97. The molecule has 0 bridgehead atoms. The summed E-state index contributed by atoms with van der Waals surface area (Å²) < 4.78 is 13.7. The van der Waals surface area contributed by atoms with E-state index in [1.165, 1.54) is 0 Å². The quantitative estimate of drug-likeness (QED) is 0.795. The minimum absolute atomic E-state index is 0.129. The van der Waals surface area contributed by atoms with Crippen molar-refractivity contribution in [2.45, 2.75) is 13.3 Å². The Morgan fingerprint density at radius 3 is 2.41 bits per heavy atom. The summed E-state index contributed by atoms with van der Waals surface area (Å²) in [6, 6.07) is 14.7. The minimum Gasteiger partial charge on any atom is -0.416 e. The fraction of sp³-hybridized carbons (Fsp3) is 0.118. The third kappa shape index (κ3) is 3.03. The zero-order valence-corrected chi connectivity index (χ0v) is 12.0. The lowest BCUT2D eigenvalue weighted by Crippen LogP contribution is -2.08. The van der Waals surface area contributed by atoms with Crippen molar-refractivity contribution >= 4 is 11.6 Å². The molecular weight excluding hydrogens is 278 g/mol. The van der Waals surface area contributed by atoms with E-state index < -0.39 is 0 Å². The first kappa shape index (κ1) is 12.8. The van der Waals surface area contributed by atoms with Crippen LogP contribution in [0.2, 0.25) is 0 Å². The van der Waals surface area contributed by atoms with E-state index in [2.05, 4.69) is 15.5 Å². The standard InChI is InChI=1S/C17H15N3O2/c1-2-15(21)18-14-10-8-13(9-11-14)17-20-19-16(22-17)12-6-4-3-5-7-12/h3-11H,2H2,1H3,(H,18,21)/i10D. The van der Waals surface area contributed by atoms with Crippen molar-refractivity contribution in [2.24, 2.45) is 0 Å². The number of hydrogen-bond acceptors (Lipinski definition) is 4. The number of nitrogens with zero attached hydrogens (tertiary/aromatic N) is 2. The lowest BCUT2D eigenvalue weighted by atomic mass is 10.2. The second-order valence-electron chi connectivity index (χ2n) is 4.67. The van der Waals surface area contributed by atoms with Gasteiger partial charge < -0.3 is 9.73 Å². The minimum atomic E-state index is -0.129. The predicted molar refractivity (Wildman–Crippen MR) is 84.1 cm³/mol. The Morgan fingerprint density at radius 1 is 1.09 bits per heavy atom. The number of amides is 1. The summed E-state index contributed by atoms with van der Waals surface area (Å²) in [5, 5.41) is 10.7. The van der Waals surface area contributed by atoms with Crippen molar-refractivity contribution < 1.29 is 10.6 Å². The molecule has 110 valence electrons. The molecule has 2 aromatic carbocycles. The first-order valence-electron chi connectivity index (χ1n) is 7.47. The van der Waals surface area contributed by atoms with Crippen molar-refractivity contribution in [3.8, 4) is 22.9 Å². The van der Waals surface area contributed by atoms with Gasteiger partial charge in [0.05, 0.1) is 1.37 Å². The molecule has 3 rings (SSSR count). The second-order valence-corrected chi connectivity index (χ2v) is 4.67. The van der Waals surface area contributed by atoms with Gasteiger partial charge in [0.2, 0.25) is 17.7 Å². The van der Waals surface area contributed by atoms with Gasteiger partial charge in [-0.15, -0.1) is 10.2 Å². The van der Waals surface area contributed by atoms with E-state index in [4.69, 9.17) is 5.79 Å². The van der Waals surface area contributed by atoms with Crippen LogP contribution < -0.4 is 5.32 Å². The van der Waals surface area contributed by atoms with Gasteiger partial charge in [0.1, 0.15) is 0 Å². The molecule has 1 amide bonds. The maximum absolute atomic E-state index is 11.4. The summed E-state index contributed by atoms with van der Waals surface area (Å²) in [5.41, 5.74) is 1.94. The number of carbonyl (C=O) groups excluding carboxylic acids is 1. The molecule has 1 aromatic heterocycles. The van der Waals surface area contributed by atoms with Crippen molar-refractivity contribution in [1.82, 2.24) is 10.2 Å². The maximum atomic E-state index is 11.4. The molecular formula is C17H15N3O2. The van der Waals surface area contributed by atoms with Gasteiger partial charge in [-0.25, -0.2) is 0 Å². The van der Waals surface area contributed by atoms with E-state index in [-0.39, 0.29) is 11.9 Å². The Balaban J connectivity index is 1.87. The lowest BCUT2D eigenvalue weighted by molar-refractivity contribution is -0.115. The molecule has 0 saturated heterocycles. The van der Waals surface area contributed by atoms with Gasteiger partial charge in [0, 0.05) is 23.2 Å². The Hall–Kier alpha value is -2.95. The largest absolute Gasteiger partial charge is 0.416 e. The van der Waals surface area contributed by atoms with Crippen molar-refractivity contribution in [1.29, 1.82) is 0 Å². The average Bonchev–Trinajstić information content (AvgIpc) is 3.07. The van der Waals surface area contributed by atoms with Crippen LogP contribution in [0, 0.1) is 0 Å². The van der Waals surface area contributed by atoms with Crippen LogP contribution in [0.25, 0.3) is 22.9 Å². The second kappa shape index (κ2) is 6.22. The highest BCUT2D eigenvalue weighted by atomic mass is 16.4. The van der Waals surface area contributed by atoms with Crippen LogP contribution in [0.5, 0.6) is 0 Å². The molecule has 0 radical (unpaired) electrons. The Bertz CT molecular complexity index is 831. The average molecular weight is 294 g/mol. The molecule has 3 aromatic rings. The summed E-state index contributed by atoms with van der Waals surface area (Å²) in [7, 11) is 0. The zero-order chi connectivity index (χ0) is 16.2. The van der Waals surface area contributed by atoms with Gasteiger partial charge >= 0.3 is 0 Å². The molecule has 0 aliphatic rings. The van der Waals surface area contributed by atoms with Gasteiger partial charge in [-0.05, 0) is 36.4 Å². The molecule has 0 unspecified atom stereocenters. The predicted octanol–water partition coefficient (Wildman–Crippen LogP) is 3.75. The third-order valence-corrected chi connectivity index (χ3v) is 3.10.